The van der Waals surface area contributed by atoms with Crippen molar-refractivity contribution in [2.24, 2.45) is 14.1 Å². The number of nitrogens with two attached hydrogens (primary N) is 1. The number of ether oxygens (including phenoxy) is 1. The number of carbonyl (C=O) groups excluding carboxylic acids is 2. The van der Waals surface area contributed by atoms with E-state index in [1.807, 2.05) is 30.3 Å². The van der Waals surface area contributed by atoms with Crippen molar-refractivity contribution in [2.75, 3.05) is 12.3 Å². The zero-order valence-corrected chi connectivity index (χ0v) is 17.7. The maximum absolute atomic E-state index is 12.6. The van der Waals surface area contributed by atoms with Crippen molar-refractivity contribution in [1.29, 1.82) is 0 Å². The number of aryl methyl sites for hydroxylation is 1. The van der Waals surface area contributed by atoms with Gasteiger partial charge in [-0.15, -0.1) is 0 Å². The molecule has 3 rings (SSSR count). The summed E-state index contributed by atoms with van der Waals surface area (Å²) in [5.74, 6) is -1.81. The molecule has 0 bridgehead atoms. The molecule has 10 heteroatoms. The van der Waals surface area contributed by atoms with E-state index in [0.29, 0.717) is 17.9 Å². The van der Waals surface area contributed by atoms with E-state index in [2.05, 4.69) is 5.10 Å². The number of Topliss-reactive ketones (excluding diaryl/α,β-unsaturated/α-hetero) is 1. The molecule has 2 heterocycles. The summed E-state index contributed by atoms with van der Waals surface area (Å²) in [7, 11) is 2.58. The highest BCUT2D eigenvalue weighted by Gasteiger charge is 2.24. The van der Waals surface area contributed by atoms with Crippen LogP contribution in [0.3, 0.4) is 0 Å². The lowest BCUT2D eigenvalue weighted by atomic mass is 10.2. The van der Waals surface area contributed by atoms with Gasteiger partial charge in [0.2, 0.25) is 5.78 Å². The minimum Gasteiger partial charge on any atom is -0.454 e. The minimum atomic E-state index is -0.843. The summed E-state index contributed by atoms with van der Waals surface area (Å²) in [6.07, 6.45) is 0. The smallest absolute Gasteiger partial charge is 0.342 e. The minimum absolute atomic E-state index is 0.255. The Hall–Kier alpha value is -3.95. The van der Waals surface area contributed by atoms with Crippen LogP contribution in [-0.4, -0.2) is 37.3 Å². The largest absolute Gasteiger partial charge is 0.454 e. The molecular weight excluding hydrogens is 402 g/mol. The first-order chi connectivity index (χ1) is 14.6. The second kappa shape index (κ2) is 8.42. The van der Waals surface area contributed by atoms with Crippen LogP contribution in [0.2, 0.25) is 0 Å². The number of carbonyl (C=O) groups is 2. The zero-order valence-electron chi connectivity index (χ0n) is 17.7. The second-order valence-corrected chi connectivity index (χ2v) is 7.15. The molecule has 1 aromatic carbocycles. The predicted molar refractivity (Wildman–Crippen MR) is 113 cm³/mol. The average molecular weight is 425 g/mol. The molecule has 0 amide bonds. The molecule has 2 aromatic heterocycles. The Morgan fingerprint density at radius 2 is 1.68 bits per heavy atom. The topological polar surface area (TPSA) is 131 Å². The van der Waals surface area contributed by atoms with Crippen LogP contribution >= 0.6 is 0 Å². The predicted octanol–water partition coefficient (Wildman–Crippen LogP) is 0.568. The van der Waals surface area contributed by atoms with Gasteiger partial charge in [-0.05, 0) is 19.4 Å². The van der Waals surface area contributed by atoms with Crippen molar-refractivity contribution in [3.63, 3.8) is 0 Å². The van der Waals surface area contributed by atoms with Crippen molar-refractivity contribution in [3.8, 4) is 0 Å². The van der Waals surface area contributed by atoms with E-state index >= 15 is 0 Å². The monoisotopic (exact) mass is 425 g/mol. The van der Waals surface area contributed by atoms with Crippen LogP contribution in [0, 0.1) is 13.8 Å². The van der Waals surface area contributed by atoms with Crippen LogP contribution in [0.1, 0.15) is 37.7 Å². The summed E-state index contributed by atoms with van der Waals surface area (Å²) in [6, 6.07) is 9.64. The molecule has 0 fully saturated rings. The first-order valence-corrected chi connectivity index (χ1v) is 9.47. The molecule has 2 N–H and O–H groups in total. The molecule has 0 aliphatic carbocycles. The highest BCUT2D eigenvalue weighted by Crippen LogP contribution is 2.16. The third-order valence-corrected chi connectivity index (χ3v) is 5.08. The first kappa shape index (κ1) is 21.8. The van der Waals surface area contributed by atoms with Crippen molar-refractivity contribution < 1.29 is 14.3 Å². The van der Waals surface area contributed by atoms with Gasteiger partial charge in [0.25, 0.3) is 5.56 Å². The van der Waals surface area contributed by atoms with Gasteiger partial charge in [0, 0.05) is 14.1 Å². The number of hydrogen-bond acceptors (Lipinski definition) is 7. The number of esters is 1. The van der Waals surface area contributed by atoms with E-state index in [1.54, 1.807) is 18.5 Å². The van der Waals surface area contributed by atoms with Gasteiger partial charge >= 0.3 is 11.7 Å². The lowest BCUT2D eigenvalue weighted by molar-refractivity contribution is 0.0472. The molecule has 0 radical (unpaired) electrons. The van der Waals surface area contributed by atoms with Crippen LogP contribution in [0.25, 0.3) is 0 Å². The van der Waals surface area contributed by atoms with E-state index in [-0.39, 0.29) is 11.4 Å². The van der Waals surface area contributed by atoms with Crippen LogP contribution in [0.4, 0.5) is 5.82 Å². The van der Waals surface area contributed by atoms with E-state index in [1.165, 1.54) is 14.1 Å². The van der Waals surface area contributed by atoms with Gasteiger partial charge in [0.1, 0.15) is 16.9 Å². The molecule has 0 aliphatic rings. The van der Waals surface area contributed by atoms with Crippen molar-refractivity contribution in [3.05, 3.63) is 79.2 Å². The Kier molecular flexibility index (Phi) is 5.91. The number of anilines is 1. The Morgan fingerprint density at radius 1 is 1.03 bits per heavy atom. The first-order valence-electron chi connectivity index (χ1n) is 9.47. The Labute approximate surface area is 177 Å². The van der Waals surface area contributed by atoms with E-state index in [4.69, 9.17) is 10.5 Å². The lowest BCUT2D eigenvalue weighted by Crippen LogP contribution is -2.42. The SMILES string of the molecule is Cc1nn(Cc2ccccc2)c(C)c1C(=O)OCC(=O)c1c(N)n(C)c(=O)n(C)c1=O. The highest BCUT2D eigenvalue weighted by atomic mass is 16.5. The number of hydrogen-bond donors (Lipinski definition) is 1. The molecule has 0 spiro atoms. The molecule has 0 saturated heterocycles. The summed E-state index contributed by atoms with van der Waals surface area (Å²) >= 11 is 0. The number of aromatic nitrogens is 4. The number of ketones is 1. The molecular formula is C21H23N5O5. The second-order valence-electron chi connectivity index (χ2n) is 7.15. The van der Waals surface area contributed by atoms with E-state index < -0.39 is 35.2 Å². The average Bonchev–Trinajstić information content (AvgIpc) is 3.02. The molecule has 31 heavy (non-hydrogen) atoms. The van der Waals surface area contributed by atoms with Crippen molar-refractivity contribution >= 4 is 17.6 Å². The van der Waals surface area contributed by atoms with Crippen molar-refractivity contribution in [2.45, 2.75) is 20.4 Å². The van der Waals surface area contributed by atoms with Crippen molar-refractivity contribution in [1.82, 2.24) is 18.9 Å². The molecule has 3 aromatic rings. The van der Waals surface area contributed by atoms with Gasteiger partial charge in [0.15, 0.2) is 6.61 Å². The molecule has 0 aliphatic heterocycles. The number of benzene rings is 1. The zero-order chi connectivity index (χ0) is 22.9. The Morgan fingerprint density at radius 3 is 2.32 bits per heavy atom. The van der Waals surface area contributed by atoms with Gasteiger partial charge in [-0.1, -0.05) is 30.3 Å². The van der Waals surface area contributed by atoms with Crippen LogP contribution in [0.5, 0.6) is 0 Å². The van der Waals surface area contributed by atoms with Gasteiger partial charge in [0.05, 0.1) is 17.9 Å². The summed E-state index contributed by atoms with van der Waals surface area (Å²) in [5, 5.41) is 4.39. The van der Waals surface area contributed by atoms with Gasteiger partial charge in [-0.2, -0.15) is 5.10 Å². The summed E-state index contributed by atoms with van der Waals surface area (Å²) in [6.45, 7) is 3.19. The standard InChI is InChI=1S/C21H23N5O5/c1-12-16(13(2)26(23-12)10-14-8-6-5-7-9-14)20(29)31-11-15(27)17-18(22)24(3)21(30)25(4)19(17)28/h5-9H,10-11,22H2,1-4H3. The molecule has 0 atom stereocenters. The van der Waals surface area contributed by atoms with Crippen LogP contribution in [0.15, 0.2) is 39.9 Å². The maximum atomic E-state index is 12.6. The van der Waals surface area contributed by atoms with Crippen LogP contribution < -0.4 is 17.0 Å². The third kappa shape index (κ3) is 4.04. The Balaban J connectivity index is 1.80. The number of nitrogens with zero attached hydrogens (tertiary/aromatic N) is 4. The molecule has 10 nitrogen and oxygen atoms in total. The fraction of sp³-hybridized carbons (Fsp3) is 0.286. The van der Waals surface area contributed by atoms with Gasteiger partial charge in [-0.25, -0.2) is 9.59 Å². The normalized spacial score (nSPS) is 10.8. The summed E-state index contributed by atoms with van der Waals surface area (Å²) < 4.78 is 8.60. The molecule has 162 valence electrons. The molecule has 0 unspecified atom stereocenters. The molecule has 0 saturated carbocycles. The summed E-state index contributed by atoms with van der Waals surface area (Å²) in [5.41, 5.74) is 6.20. The lowest BCUT2D eigenvalue weighted by Gasteiger charge is -2.11. The van der Waals surface area contributed by atoms with Gasteiger partial charge < -0.3 is 10.5 Å². The number of rotatable bonds is 6. The van der Waals surface area contributed by atoms with E-state index in [9.17, 15) is 19.2 Å². The highest BCUT2D eigenvalue weighted by molar-refractivity contribution is 6.02. The quantitative estimate of drug-likeness (QED) is 0.451. The van der Waals surface area contributed by atoms with Crippen LogP contribution in [-0.2, 0) is 25.4 Å². The maximum Gasteiger partial charge on any atom is 0.342 e. The number of nitrogen functional groups attached to an aromatic ring is 1. The van der Waals surface area contributed by atoms with E-state index in [0.717, 1.165) is 14.7 Å². The third-order valence-electron chi connectivity index (χ3n) is 5.08. The van der Waals surface area contributed by atoms with Gasteiger partial charge in [-0.3, -0.25) is 23.4 Å². The summed E-state index contributed by atoms with van der Waals surface area (Å²) in [4.78, 5) is 49.4. The fourth-order valence-electron chi connectivity index (χ4n) is 3.30. The fourth-order valence-corrected chi connectivity index (χ4v) is 3.30. The Bertz CT molecular complexity index is 1280.